The van der Waals surface area contributed by atoms with Crippen molar-refractivity contribution in [2.24, 2.45) is 5.92 Å². The molecule has 29 heavy (non-hydrogen) atoms. The monoisotopic (exact) mass is 416 g/mol. The van der Waals surface area contributed by atoms with E-state index in [1.807, 2.05) is 30.3 Å². The number of aromatic nitrogens is 1. The number of carbonyl (C=O) groups excluding carboxylic acids is 3. The van der Waals surface area contributed by atoms with Crippen LogP contribution in [0.25, 0.3) is 0 Å². The average Bonchev–Trinajstić information content (AvgIpc) is 3.05. The first-order valence-corrected chi connectivity index (χ1v) is 10.5. The summed E-state index contributed by atoms with van der Waals surface area (Å²) in [6, 6.07) is 9.45. The predicted octanol–water partition coefficient (Wildman–Crippen LogP) is 3.50. The van der Waals surface area contributed by atoms with E-state index in [2.05, 4.69) is 4.98 Å². The van der Waals surface area contributed by atoms with Gasteiger partial charge in [0.15, 0.2) is 11.7 Å². The first kappa shape index (κ1) is 21.0. The first-order chi connectivity index (χ1) is 14.0. The summed E-state index contributed by atoms with van der Waals surface area (Å²) in [6.45, 7) is 3.60. The van der Waals surface area contributed by atoms with E-state index in [1.54, 1.807) is 13.8 Å². The summed E-state index contributed by atoms with van der Waals surface area (Å²) in [5.74, 6) is -1.27. The Hall–Kier alpha value is -2.74. The fraction of sp³-hybridized carbons (Fsp3) is 0.429. The van der Waals surface area contributed by atoms with Crippen molar-refractivity contribution >= 4 is 34.3 Å². The van der Waals surface area contributed by atoms with Gasteiger partial charge in [-0.2, -0.15) is 0 Å². The Morgan fingerprint density at radius 2 is 1.90 bits per heavy atom. The number of carbonyl (C=O) groups is 3. The lowest BCUT2D eigenvalue weighted by molar-refractivity contribution is -0.154. The fourth-order valence-electron chi connectivity index (χ4n) is 2.88. The van der Waals surface area contributed by atoms with Gasteiger partial charge in [-0.05, 0) is 32.3 Å². The Bertz CT molecular complexity index is 876. The Morgan fingerprint density at radius 3 is 2.52 bits per heavy atom. The number of aryl methyl sites for hydroxylation is 1. The van der Waals surface area contributed by atoms with Gasteiger partial charge in [0.05, 0.1) is 24.8 Å². The van der Waals surface area contributed by atoms with Crippen molar-refractivity contribution in [3.8, 4) is 0 Å². The standard InChI is InChI=1S/C21H24N2O5S/c1-3-27-20(26)18-14(2)22-21(29-18)23(12-15-8-5-4-6-9-15)17(24)13-28-19(25)16-10-7-11-16/h4-6,8-9,16H,3,7,10-13H2,1-2H3. The molecule has 1 fully saturated rings. The normalized spacial score (nSPS) is 13.4. The lowest BCUT2D eigenvalue weighted by atomic mass is 9.86. The highest BCUT2D eigenvalue weighted by molar-refractivity contribution is 7.17. The summed E-state index contributed by atoms with van der Waals surface area (Å²) in [5.41, 5.74) is 1.40. The van der Waals surface area contributed by atoms with Gasteiger partial charge in [-0.1, -0.05) is 48.1 Å². The zero-order valence-corrected chi connectivity index (χ0v) is 17.4. The number of ether oxygens (including phenoxy) is 2. The van der Waals surface area contributed by atoms with Crippen LogP contribution < -0.4 is 4.90 Å². The Labute approximate surface area is 173 Å². The molecule has 2 aromatic rings. The van der Waals surface area contributed by atoms with E-state index in [0.29, 0.717) is 15.7 Å². The van der Waals surface area contributed by atoms with Gasteiger partial charge in [0.2, 0.25) is 0 Å². The predicted molar refractivity (Wildman–Crippen MR) is 109 cm³/mol. The maximum Gasteiger partial charge on any atom is 0.350 e. The van der Waals surface area contributed by atoms with Gasteiger partial charge >= 0.3 is 11.9 Å². The van der Waals surface area contributed by atoms with Crippen LogP contribution in [0.4, 0.5) is 5.13 Å². The van der Waals surface area contributed by atoms with E-state index in [9.17, 15) is 14.4 Å². The molecule has 0 radical (unpaired) electrons. The van der Waals surface area contributed by atoms with E-state index >= 15 is 0 Å². The number of rotatable bonds is 8. The van der Waals surface area contributed by atoms with Crippen LogP contribution in [0.2, 0.25) is 0 Å². The number of thiazole rings is 1. The number of amides is 1. The molecule has 0 spiro atoms. The fourth-order valence-corrected chi connectivity index (χ4v) is 3.86. The molecule has 0 atom stereocenters. The number of anilines is 1. The van der Waals surface area contributed by atoms with Crippen molar-refractivity contribution in [1.82, 2.24) is 4.98 Å². The number of nitrogens with zero attached hydrogens (tertiary/aromatic N) is 2. The Kier molecular flexibility index (Phi) is 6.98. The van der Waals surface area contributed by atoms with E-state index in [-0.39, 0.29) is 37.6 Å². The van der Waals surface area contributed by atoms with Crippen LogP contribution in [0.3, 0.4) is 0 Å². The SMILES string of the molecule is CCOC(=O)c1sc(N(Cc2ccccc2)C(=O)COC(=O)C2CCC2)nc1C. The molecule has 1 aromatic carbocycles. The van der Waals surface area contributed by atoms with Crippen LogP contribution in [-0.4, -0.2) is 36.0 Å². The quantitative estimate of drug-likeness (QED) is 0.612. The number of hydrogen-bond donors (Lipinski definition) is 0. The minimum atomic E-state index is -0.461. The van der Waals surface area contributed by atoms with Gasteiger partial charge in [-0.25, -0.2) is 9.78 Å². The maximum absolute atomic E-state index is 12.9. The summed E-state index contributed by atoms with van der Waals surface area (Å²) in [4.78, 5) is 43.2. The second kappa shape index (κ2) is 9.65. The zero-order valence-electron chi connectivity index (χ0n) is 16.6. The molecule has 8 heteroatoms. The van der Waals surface area contributed by atoms with Gasteiger partial charge < -0.3 is 9.47 Å². The highest BCUT2D eigenvalue weighted by Crippen LogP contribution is 2.29. The minimum Gasteiger partial charge on any atom is -0.462 e. The minimum absolute atomic E-state index is 0.0945. The van der Waals surface area contributed by atoms with Crippen molar-refractivity contribution in [2.45, 2.75) is 39.7 Å². The summed E-state index contributed by atoms with van der Waals surface area (Å²) in [7, 11) is 0. The molecule has 154 valence electrons. The summed E-state index contributed by atoms with van der Waals surface area (Å²) >= 11 is 1.10. The molecule has 0 unspecified atom stereocenters. The van der Waals surface area contributed by atoms with Gasteiger partial charge in [0.25, 0.3) is 5.91 Å². The third-order valence-corrected chi connectivity index (χ3v) is 5.90. The van der Waals surface area contributed by atoms with E-state index < -0.39 is 5.97 Å². The van der Waals surface area contributed by atoms with Crippen molar-refractivity contribution in [3.63, 3.8) is 0 Å². The summed E-state index contributed by atoms with van der Waals surface area (Å²) < 4.78 is 10.3. The van der Waals surface area contributed by atoms with Crippen LogP contribution in [0.1, 0.15) is 47.1 Å². The number of benzene rings is 1. The summed E-state index contributed by atoms with van der Waals surface area (Å²) in [6.07, 6.45) is 2.65. The van der Waals surface area contributed by atoms with E-state index in [1.165, 1.54) is 4.90 Å². The third kappa shape index (κ3) is 5.20. The summed E-state index contributed by atoms with van der Waals surface area (Å²) in [5, 5.41) is 0.374. The van der Waals surface area contributed by atoms with Crippen LogP contribution in [0.15, 0.2) is 30.3 Å². The molecule has 0 saturated heterocycles. The second-order valence-electron chi connectivity index (χ2n) is 6.83. The van der Waals surface area contributed by atoms with Crippen LogP contribution >= 0.6 is 11.3 Å². The van der Waals surface area contributed by atoms with Crippen LogP contribution in [-0.2, 0) is 25.6 Å². The number of esters is 2. The average molecular weight is 416 g/mol. The van der Waals surface area contributed by atoms with Crippen molar-refractivity contribution in [1.29, 1.82) is 0 Å². The molecule has 1 heterocycles. The molecule has 7 nitrogen and oxygen atoms in total. The first-order valence-electron chi connectivity index (χ1n) is 9.65. The molecule has 0 bridgehead atoms. The van der Waals surface area contributed by atoms with Crippen LogP contribution in [0, 0.1) is 12.8 Å². The molecule has 0 aliphatic heterocycles. The van der Waals surface area contributed by atoms with Gasteiger partial charge in [0, 0.05) is 0 Å². The number of hydrogen-bond acceptors (Lipinski definition) is 7. The molecule has 1 aromatic heterocycles. The van der Waals surface area contributed by atoms with Gasteiger partial charge in [-0.15, -0.1) is 0 Å². The smallest absolute Gasteiger partial charge is 0.350 e. The molecule has 1 amide bonds. The molecular formula is C21H24N2O5S. The molecule has 1 saturated carbocycles. The van der Waals surface area contributed by atoms with Gasteiger partial charge in [-0.3, -0.25) is 14.5 Å². The molecular weight excluding hydrogens is 392 g/mol. The zero-order chi connectivity index (χ0) is 20.8. The Balaban J connectivity index is 1.79. The highest BCUT2D eigenvalue weighted by atomic mass is 32.1. The van der Waals surface area contributed by atoms with Crippen molar-refractivity contribution in [3.05, 3.63) is 46.5 Å². The highest BCUT2D eigenvalue weighted by Gasteiger charge is 2.29. The van der Waals surface area contributed by atoms with Crippen molar-refractivity contribution in [2.75, 3.05) is 18.1 Å². The molecule has 0 N–H and O–H groups in total. The Morgan fingerprint density at radius 1 is 1.17 bits per heavy atom. The molecule has 1 aliphatic carbocycles. The van der Waals surface area contributed by atoms with Crippen LogP contribution in [0.5, 0.6) is 0 Å². The van der Waals surface area contributed by atoms with Gasteiger partial charge in [0.1, 0.15) is 4.88 Å². The second-order valence-corrected chi connectivity index (χ2v) is 7.81. The van der Waals surface area contributed by atoms with E-state index in [4.69, 9.17) is 9.47 Å². The molecule has 3 rings (SSSR count). The largest absolute Gasteiger partial charge is 0.462 e. The van der Waals surface area contributed by atoms with Crippen molar-refractivity contribution < 1.29 is 23.9 Å². The topological polar surface area (TPSA) is 85.8 Å². The maximum atomic E-state index is 12.9. The third-order valence-electron chi connectivity index (χ3n) is 4.74. The molecule has 1 aliphatic rings. The lowest BCUT2D eigenvalue weighted by Gasteiger charge is -2.24. The van der Waals surface area contributed by atoms with E-state index in [0.717, 1.165) is 36.2 Å². The lowest BCUT2D eigenvalue weighted by Crippen LogP contribution is -2.35.